The first kappa shape index (κ1) is 58.0. The molecule has 0 atom stereocenters. The quantitative estimate of drug-likeness (QED) is 0.210. The van der Waals surface area contributed by atoms with Gasteiger partial charge in [-0.05, 0) is 0 Å². The van der Waals surface area contributed by atoms with Crippen molar-refractivity contribution in [3.8, 4) is 0 Å². The van der Waals surface area contributed by atoms with Crippen molar-refractivity contribution in [3.05, 3.63) is 22.9 Å². The van der Waals surface area contributed by atoms with Crippen LogP contribution in [0.4, 0.5) is 0 Å². The Kier molecular flexibility index (Phi) is 788. The molecule has 4 N–H and O–H groups in total. The molecule has 0 radical (unpaired) electrons. The Hall–Kier alpha value is -0.520. The van der Waals surface area contributed by atoms with Crippen molar-refractivity contribution in [1.29, 1.82) is 0 Å². The van der Waals surface area contributed by atoms with Gasteiger partial charge in [0.1, 0.15) is 0 Å². The van der Waals surface area contributed by atoms with Gasteiger partial charge in [-0.3, -0.25) is 0 Å². The monoisotopic (exact) mass is 574 g/mol. The third-order valence-electron chi connectivity index (χ3n) is 0. The molecule has 0 unspecified atom stereocenters. The van der Waals surface area contributed by atoms with Crippen LogP contribution >= 0.6 is 0 Å². The zero-order valence-corrected chi connectivity index (χ0v) is 14.9. The molecular formula is C4H8F2Hf2N4O4-6. The first-order chi connectivity index (χ1) is 5.66. The van der Waals surface area contributed by atoms with Gasteiger partial charge in [-0.1, -0.05) is 0 Å². The normalized spacial score (nSPS) is 3.00. The number of rotatable bonds is 0. The minimum Gasteiger partial charge on any atom is -1.00 e. The van der Waals surface area contributed by atoms with E-state index >= 15 is 0 Å². The Morgan fingerprint density at radius 3 is 0.500 bits per heavy atom. The Morgan fingerprint density at radius 1 is 0.500 bits per heavy atom. The molecule has 0 aromatic carbocycles. The molecule has 0 fully saturated rings. The number of halogens is 2. The molecule has 0 saturated heterocycles. The Balaban J connectivity index is -0.00000000821. The van der Waals surface area contributed by atoms with E-state index in [2.05, 4.69) is 0 Å². The standard InChI is InChI=1S/4CH3NO.2FH.2Hf/c4*2-1-3;;;;/h4*1H,(H2,2,3);2*1H;;/p-6. The second-order valence-corrected chi connectivity index (χ2v) is 0.471. The van der Waals surface area contributed by atoms with Crippen LogP contribution in [-0.4, -0.2) is 25.6 Å². The van der Waals surface area contributed by atoms with Gasteiger partial charge in [0.15, 0.2) is 0 Å². The smallest absolute Gasteiger partial charge is 0.0344 e. The van der Waals surface area contributed by atoms with E-state index < -0.39 is 0 Å². The van der Waals surface area contributed by atoms with Crippen molar-refractivity contribution >= 4 is 25.6 Å². The van der Waals surface area contributed by atoms with Gasteiger partial charge in [0.25, 0.3) is 0 Å². The number of amides is 4. The van der Waals surface area contributed by atoms with Crippen molar-refractivity contribution in [2.24, 2.45) is 0 Å². The minimum atomic E-state index is 0. The molecule has 0 saturated carbocycles. The summed E-state index contributed by atoms with van der Waals surface area (Å²) in [5, 5.41) is 0. The third kappa shape index (κ3) is 7770. The molecule has 4 amide bonds. The summed E-state index contributed by atoms with van der Waals surface area (Å²) in [6, 6.07) is 0. The van der Waals surface area contributed by atoms with E-state index in [1.54, 1.807) is 0 Å². The van der Waals surface area contributed by atoms with E-state index in [0.29, 0.717) is 0 Å². The molecule has 96 valence electrons. The van der Waals surface area contributed by atoms with Crippen LogP contribution in [0.1, 0.15) is 0 Å². The van der Waals surface area contributed by atoms with Crippen molar-refractivity contribution in [3.63, 3.8) is 0 Å². The third-order valence-corrected chi connectivity index (χ3v) is 0. The fourth-order valence-corrected chi connectivity index (χ4v) is 0. The predicted molar refractivity (Wildman–Crippen MR) is 41.5 cm³/mol. The Morgan fingerprint density at radius 2 is 0.500 bits per heavy atom. The summed E-state index contributed by atoms with van der Waals surface area (Å²) in [6.07, 6.45) is 0. The maximum Gasteiger partial charge on any atom is 0.0344 e. The van der Waals surface area contributed by atoms with E-state index in [1.165, 1.54) is 0 Å². The largest absolute Gasteiger partial charge is 1.00 e. The summed E-state index contributed by atoms with van der Waals surface area (Å²) >= 11 is 0. The van der Waals surface area contributed by atoms with Gasteiger partial charge < -0.3 is 51.5 Å². The van der Waals surface area contributed by atoms with Crippen LogP contribution in [0.25, 0.3) is 22.9 Å². The maximum absolute atomic E-state index is 8.47. The molecule has 0 aromatic rings. The van der Waals surface area contributed by atoms with Gasteiger partial charge >= 0.3 is 0 Å². The zero-order valence-electron chi connectivity index (χ0n) is 7.70. The minimum absolute atomic E-state index is 0. The van der Waals surface area contributed by atoms with E-state index in [9.17, 15) is 0 Å². The van der Waals surface area contributed by atoms with Crippen LogP contribution in [0.15, 0.2) is 0 Å². The molecule has 16 heavy (non-hydrogen) atoms. The summed E-state index contributed by atoms with van der Waals surface area (Å²) in [5.41, 5.74) is 22.1. The maximum atomic E-state index is 8.47. The van der Waals surface area contributed by atoms with Crippen LogP contribution in [0.5, 0.6) is 0 Å². The number of carbonyl (C=O) groups is 4. The summed E-state index contributed by atoms with van der Waals surface area (Å²) < 4.78 is 0. The average Bonchev–Trinajstić information content (AvgIpc) is 1.92. The zero-order chi connectivity index (χ0) is 10.8. The molecule has 8 nitrogen and oxygen atoms in total. The Labute approximate surface area is 128 Å². The first-order valence-electron chi connectivity index (χ1n) is 2.10. The van der Waals surface area contributed by atoms with Gasteiger partial charge in [-0.15, -0.1) is 0 Å². The van der Waals surface area contributed by atoms with Gasteiger partial charge in [0.05, 0.1) is 0 Å². The van der Waals surface area contributed by atoms with Crippen LogP contribution < -0.4 is 9.41 Å². The van der Waals surface area contributed by atoms with E-state index in [-0.39, 0.29) is 86.7 Å². The number of carbonyl (C=O) groups excluding carboxylic acids is 4. The van der Waals surface area contributed by atoms with Crippen molar-refractivity contribution in [1.82, 2.24) is 0 Å². The van der Waals surface area contributed by atoms with Crippen LogP contribution in [0, 0.1) is 0 Å². The molecule has 0 aromatic heterocycles. The number of hydrogen-bond donors (Lipinski definition) is 0. The molecule has 0 aliphatic rings. The molecule has 0 bridgehead atoms. The summed E-state index contributed by atoms with van der Waals surface area (Å²) in [4.78, 5) is 33.9. The summed E-state index contributed by atoms with van der Waals surface area (Å²) in [5.74, 6) is 0. The van der Waals surface area contributed by atoms with Gasteiger partial charge in [0, 0.05) is 77.3 Å². The predicted octanol–water partition coefficient (Wildman–Crippen LogP) is -5.22. The van der Waals surface area contributed by atoms with Crippen LogP contribution in [0.2, 0.25) is 0 Å². The van der Waals surface area contributed by atoms with Crippen LogP contribution in [-0.2, 0) is 70.9 Å². The van der Waals surface area contributed by atoms with Gasteiger partial charge in [-0.2, -0.15) is 0 Å². The second kappa shape index (κ2) is 217. The van der Waals surface area contributed by atoms with Gasteiger partial charge in [0.2, 0.25) is 0 Å². The molecule has 0 heterocycles. The van der Waals surface area contributed by atoms with E-state index in [4.69, 9.17) is 42.1 Å². The fourth-order valence-electron chi connectivity index (χ4n) is 0. The Bertz CT molecular complexity index is 90.0. The molecule has 0 spiro atoms. The topological polar surface area (TPSA) is 163 Å². The SMILES string of the molecule is [F-].[F-].[Hf].[Hf].[NH-]C=O.[NH-]C=O.[NH-]C=O.[NH-]C=O. The summed E-state index contributed by atoms with van der Waals surface area (Å²) in [7, 11) is 0. The summed E-state index contributed by atoms with van der Waals surface area (Å²) in [6.45, 7) is 0. The number of hydrogen-bond acceptors (Lipinski definition) is 4. The molecule has 0 rings (SSSR count). The molecule has 12 heteroatoms. The van der Waals surface area contributed by atoms with E-state index in [0.717, 1.165) is 0 Å². The molecular weight excluding hydrogens is 563 g/mol. The van der Waals surface area contributed by atoms with Crippen molar-refractivity contribution < 1.29 is 80.3 Å². The van der Waals surface area contributed by atoms with E-state index in [1.807, 2.05) is 0 Å². The molecule has 0 aliphatic heterocycles. The first-order valence-corrected chi connectivity index (χ1v) is 2.10. The fraction of sp³-hybridized carbons (Fsp3) is 0. The van der Waals surface area contributed by atoms with Crippen molar-refractivity contribution in [2.45, 2.75) is 0 Å². The van der Waals surface area contributed by atoms with Gasteiger partial charge in [-0.25, -0.2) is 0 Å². The van der Waals surface area contributed by atoms with Crippen LogP contribution in [0.3, 0.4) is 0 Å². The molecule has 0 aliphatic carbocycles. The average molecular weight is 571 g/mol. The van der Waals surface area contributed by atoms with Crippen molar-refractivity contribution in [2.75, 3.05) is 0 Å². The second-order valence-electron chi connectivity index (χ2n) is 0.471. The number of nitrogens with one attached hydrogen (secondary N) is 4.